The van der Waals surface area contributed by atoms with E-state index >= 15 is 0 Å². The fourth-order valence-corrected chi connectivity index (χ4v) is 2.64. The maximum Gasteiger partial charge on any atom is 0.256 e. The van der Waals surface area contributed by atoms with Crippen molar-refractivity contribution in [3.05, 3.63) is 50.3 Å². The maximum absolute atomic E-state index is 11.9. The Kier molecular flexibility index (Phi) is 4.31. The lowest BCUT2D eigenvalue weighted by atomic mass is 10.2. The van der Waals surface area contributed by atoms with E-state index in [4.69, 9.17) is 11.6 Å². The first-order valence-corrected chi connectivity index (χ1v) is 6.76. The zero-order valence-corrected chi connectivity index (χ0v) is 12.8. The van der Waals surface area contributed by atoms with E-state index in [0.717, 1.165) is 8.95 Å². The summed E-state index contributed by atoms with van der Waals surface area (Å²) >= 11 is 12.2. The molecule has 1 amide bonds. The number of hydrogen-bond donors (Lipinski definition) is 1. The smallest absolute Gasteiger partial charge is 0.256 e. The van der Waals surface area contributed by atoms with Crippen LogP contribution >= 0.6 is 43.5 Å². The summed E-state index contributed by atoms with van der Waals surface area (Å²) in [4.78, 5) is 19.7. The minimum Gasteiger partial charge on any atom is -0.305 e. The molecular formula is C11H6Br2ClN3O. The third-order valence-corrected chi connectivity index (χ3v) is 3.10. The van der Waals surface area contributed by atoms with E-state index in [1.165, 1.54) is 12.4 Å². The van der Waals surface area contributed by atoms with Crippen LogP contribution in [0.15, 0.2) is 39.5 Å². The van der Waals surface area contributed by atoms with Crippen LogP contribution in [0.25, 0.3) is 0 Å². The molecule has 1 aromatic carbocycles. The van der Waals surface area contributed by atoms with Gasteiger partial charge in [-0.15, -0.1) is 0 Å². The van der Waals surface area contributed by atoms with Crippen molar-refractivity contribution in [1.82, 2.24) is 9.97 Å². The zero-order valence-electron chi connectivity index (χ0n) is 8.82. The van der Waals surface area contributed by atoms with Crippen LogP contribution in [-0.2, 0) is 0 Å². The number of rotatable bonds is 2. The van der Waals surface area contributed by atoms with Gasteiger partial charge >= 0.3 is 0 Å². The lowest BCUT2D eigenvalue weighted by Crippen LogP contribution is -2.13. The number of carbonyl (C=O) groups is 1. The minimum absolute atomic E-state index is 0.270. The van der Waals surface area contributed by atoms with Crippen LogP contribution in [0, 0.1) is 0 Å². The molecule has 0 aliphatic carbocycles. The van der Waals surface area contributed by atoms with Crippen molar-refractivity contribution in [2.75, 3.05) is 5.32 Å². The van der Waals surface area contributed by atoms with Crippen LogP contribution in [-0.4, -0.2) is 15.9 Å². The first-order chi connectivity index (χ1) is 8.54. The Morgan fingerprint density at radius 1 is 1.11 bits per heavy atom. The number of aromatic nitrogens is 2. The number of nitrogens with one attached hydrogen (secondary N) is 1. The van der Waals surface area contributed by atoms with Crippen molar-refractivity contribution in [3.63, 3.8) is 0 Å². The monoisotopic (exact) mass is 389 g/mol. The van der Waals surface area contributed by atoms with Gasteiger partial charge in [0.1, 0.15) is 5.15 Å². The standard InChI is InChI=1S/C11H6Br2ClN3O/c12-7-1-6(2-8(13)3-7)11(18)17-10-5-15-9(14)4-16-10/h1-5H,(H,16,17,18). The third kappa shape index (κ3) is 3.51. The van der Waals surface area contributed by atoms with Crippen LogP contribution in [0.2, 0.25) is 5.15 Å². The van der Waals surface area contributed by atoms with Gasteiger partial charge in [0.25, 0.3) is 5.91 Å². The Morgan fingerprint density at radius 2 is 1.78 bits per heavy atom. The van der Waals surface area contributed by atoms with Gasteiger partial charge in [-0.25, -0.2) is 9.97 Å². The van der Waals surface area contributed by atoms with Crippen LogP contribution < -0.4 is 5.32 Å². The Morgan fingerprint density at radius 3 is 2.33 bits per heavy atom. The van der Waals surface area contributed by atoms with E-state index < -0.39 is 0 Å². The molecule has 0 atom stereocenters. The average molecular weight is 391 g/mol. The number of benzene rings is 1. The molecule has 1 heterocycles. The maximum atomic E-state index is 11.9. The summed E-state index contributed by atoms with van der Waals surface area (Å²) in [5.41, 5.74) is 0.507. The predicted molar refractivity (Wildman–Crippen MR) is 76.8 cm³/mol. The second-order valence-electron chi connectivity index (χ2n) is 3.34. The molecule has 1 N–H and O–H groups in total. The fraction of sp³-hybridized carbons (Fsp3) is 0. The van der Waals surface area contributed by atoms with E-state index in [9.17, 15) is 4.79 Å². The van der Waals surface area contributed by atoms with Gasteiger partial charge in [0.05, 0.1) is 12.4 Å². The normalized spacial score (nSPS) is 10.2. The molecule has 2 aromatic rings. The van der Waals surface area contributed by atoms with Gasteiger partial charge in [-0.1, -0.05) is 43.5 Å². The Labute approximate surface area is 125 Å². The molecule has 0 aliphatic rings. The van der Waals surface area contributed by atoms with Gasteiger partial charge in [0.2, 0.25) is 0 Å². The number of halogens is 3. The molecule has 0 fully saturated rings. The van der Waals surface area contributed by atoms with E-state index in [1.54, 1.807) is 12.1 Å². The topological polar surface area (TPSA) is 54.9 Å². The average Bonchev–Trinajstić information content (AvgIpc) is 2.31. The summed E-state index contributed by atoms with van der Waals surface area (Å²) in [5.74, 6) is 0.0779. The summed E-state index contributed by atoms with van der Waals surface area (Å²) in [5, 5.41) is 2.90. The molecule has 0 saturated carbocycles. The molecule has 0 radical (unpaired) electrons. The number of nitrogens with zero attached hydrogens (tertiary/aromatic N) is 2. The van der Waals surface area contributed by atoms with Crippen LogP contribution in [0.4, 0.5) is 5.82 Å². The van der Waals surface area contributed by atoms with E-state index in [0.29, 0.717) is 11.4 Å². The fourth-order valence-electron chi connectivity index (χ4n) is 1.25. The second-order valence-corrected chi connectivity index (χ2v) is 5.56. The molecule has 18 heavy (non-hydrogen) atoms. The molecule has 2 rings (SSSR count). The summed E-state index contributed by atoms with van der Waals surface area (Å²) in [6.45, 7) is 0. The van der Waals surface area contributed by atoms with Crippen molar-refractivity contribution < 1.29 is 4.79 Å². The van der Waals surface area contributed by atoms with E-state index in [-0.39, 0.29) is 11.1 Å². The van der Waals surface area contributed by atoms with Crippen molar-refractivity contribution in [2.24, 2.45) is 0 Å². The van der Waals surface area contributed by atoms with Gasteiger partial charge in [0, 0.05) is 14.5 Å². The molecule has 4 nitrogen and oxygen atoms in total. The van der Waals surface area contributed by atoms with Crippen molar-refractivity contribution in [1.29, 1.82) is 0 Å². The van der Waals surface area contributed by atoms with Gasteiger partial charge in [-0.05, 0) is 18.2 Å². The number of carbonyl (C=O) groups excluding carboxylic acids is 1. The lowest BCUT2D eigenvalue weighted by Gasteiger charge is -2.05. The van der Waals surface area contributed by atoms with Crippen molar-refractivity contribution in [2.45, 2.75) is 0 Å². The molecule has 0 aliphatic heterocycles. The van der Waals surface area contributed by atoms with Crippen LogP contribution in [0.1, 0.15) is 10.4 Å². The van der Waals surface area contributed by atoms with Crippen molar-refractivity contribution >= 4 is 55.2 Å². The van der Waals surface area contributed by atoms with Gasteiger partial charge in [0.15, 0.2) is 5.82 Å². The highest BCUT2D eigenvalue weighted by Gasteiger charge is 2.08. The summed E-state index contributed by atoms with van der Waals surface area (Å²) in [6, 6.07) is 5.27. The van der Waals surface area contributed by atoms with Gasteiger partial charge in [-0.3, -0.25) is 4.79 Å². The zero-order chi connectivity index (χ0) is 13.1. The quantitative estimate of drug-likeness (QED) is 0.845. The lowest BCUT2D eigenvalue weighted by molar-refractivity contribution is 0.102. The molecule has 0 spiro atoms. The van der Waals surface area contributed by atoms with E-state index in [1.807, 2.05) is 6.07 Å². The molecule has 0 saturated heterocycles. The highest BCUT2D eigenvalue weighted by Crippen LogP contribution is 2.20. The SMILES string of the molecule is O=C(Nc1cnc(Cl)cn1)c1cc(Br)cc(Br)c1. The molecule has 0 unspecified atom stereocenters. The molecule has 1 aromatic heterocycles. The number of anilines is 1. The molecule has 92 valence electrons. The number of amides is 1. The van der Waals surface area contributed by atoms with Crippen LogP contribution in [0.3, 0.4) is 0 Å². The summed E-state index contributed by atoms with van der Waals surface area (Å²) in [6.07, 6.45) is 2.77. The Balaban J connectivity index is 2.19. The molecule has 0 bridgehead atoms. The molecule has 7 heteroatoms. The highest BCUT2D eigenvalue weighted by molar-refractivity contribution is 9.11. The van der Waals surface area contributed by atoms with Gasteiger partial charge in [-0.2, -0.15) is 0 Å². The minimum atomic E-state index is -0.270. The largest absolute Gasteiger partial charge is 0.305 e. The second kappa shape index (κ2) is 5.77. The first kappa shape index (κ1) is 13.5. The molecular weight excluding hydrogens is 385 g/mol. The highest BCUT2D eigenvalue weighted by atomic mass is 79.9. The van der Waals surface area contributed by atoms with Crippen LogP contribution in [0.5, 0.6) is 0 Å². The van der Waals surface area contributed by atoms with E-state index in [2.05, 4.69) is 47.1 Å². The third-order valence-electron chi connectivity index (χ3n) is 1.99. The predicted octanol–water partition coefficient (Wildman–Crippen LogP) is 3.91. The summed E-state index contributed by atoms with van der Waals surface area (Å²) in [7, 11) is 0. The Hall–Kier alpha value is -0.980. The Bertz CT molecular complexity index is 569. The summed E-state index contributed by atoms with van der Waals surface area (Å²) < 4.78 is 1.62. The first-order valence-electron chi connectivity index (χ1n) is 4.79. The van der Waals surface area contributed by atoms with Gasteiger partial charge < -0.3 is 5.32 Å². The number of hydrogen-bond acceptors (Lipinski definition) is 3. The van der Waals surface area contributed by atoms with Crippen molar-refractivity contribution in [3.8, 4) is 0 Å².